The summed E-state index contributed by atoms with van der Waals surface area (Å²) in [6.45, 7) is 1.82. The zero-order valence-corrected chi connectivity index (χ0v) is 10.1. The van der Waals surface area contributed by atoms with Gasteiger partial charge < -0.3 is 5.73 Å². The van der Waals surface area contributed by atoms with Gasteiger partial charge in [-0.2, -0.15) is 0 Å². The van der Waals surface area contributed by atoms with Gasteiger partial charge in [0.2, 0.25) is 10.0 Å². The Balaban J connectivity index is 2.63. The predicted octanol–water partition coefficient (Wildman–Crippen LogP) is 0.475. The number of thiocarbonyl (C=S) groups is 1. The average molecular weight is 236 g/mol. The van der Waals surface area contributed by atoms with E-state index in [9.17, 15) is 8.42 Å². The van der Waals surface area contributed by atoms with E-state index in [1.54, 1.807) is 7.05 Å². The Hall–Kier alpha value is -0.200. The highest BCUT2D eigenvalue weighted by atomic mass is 32.2. The van der Waals surface area contributed by atoms with Crippen molar-refractivity contribution < 1.29 is 8.42 Å². The van der Waals surface area contributed by atoms with Crippen LogP contribution in [0.3, 0.4) is 0 Å². The first-order valence-electron chi connectivity index (χ1n) is 4.61. The van der Waals surface area contributed by atoms with Crippen molar-refractivity contribution in [3.8, 4) is 0 Å². The Morgan fingerprint density at radius 2 is 2.14 bits per heavy atom. The van der Waals surface area contributed by atoms with Gasteiger partial charge in [-0.1, -0.05) is 12.2 Å². The average Bonchev–Trinajstić information content (AvgIpc) is 2.83. The molecule has 14 heavy (non-hydrogen) atoms. The molecule has 0 bridgehead atoms. The van der Waals surface area contributed by atoms with Crippen molar-refractivity contribution in [1.82, 2.24) is 4.31 Å². The molecule has 1 unspecified atom stereocenters. The van der Waals surface area contributed by atoms with Crippen molar-refractivity contribution >= 4 is 27.2 Å². The van der Waals surface area contributed by atoms with E-state index in [0.717, 1.165) is 12.8 Å². The van der Waals surface area contributed by atoms with Crippen molar-refractivity contribution in [2.24, 2.45) is 5.73 Å². The molecule has 1 rings (SSSR count). The monoisotopic (exact) mass is 236 g/mol. The second-order valence-corrected chi connectivity index (χ2v) is 6.58. The molecule has 0 aromatic rings. The third-order valence-corrected chi connectivity index (χ3v) is 5.11. The summed E-state index contributed by atoms with van der Waals surface area (Å²) in [6, 6.07) is -0.141. The molecular weight excluding hydrogens is 220 g/mol. The lowest BCUT2D eigenvalue weighted by Crippen LogP contribution is -2.39. The SMILES string of the molecule is CC(CC(N)=S)N(C)S(=O)(=O)C1CC1. The molecule has 1 aliphatic carbocycles. The maximum atomic E-state index is 11.8. The Kier molecular flexibility index (Phi) is 3.49. The van der Waals surface area contributed by atoms with Crippen molar-refractivity contribution in [3.63, 3.8) is 0 Å². The zero-order chi connectivity index (χ0) is 10.9. The maximum Gasteiger partial charge on any atom is 0.216 e. The molecule has 0 amide bonds. The summed E-state index contributed by atoms with van der Waals surface area (Å²) in [4.78, 5) is 0.357. The van der Waals surface area contributed by atoms with Crippen LogP contribution >= 0.6 is 12.2 Å². The quantitative estimate of drug-likeness (QED) is 0.705. The third kappa shape index (κ3) is 2.65. The minimum Gasteiger partial charge on any atom is -0.393 e. The van der Waals surface area contributed by atoms with Gasteiger partial charge in [0.05, 0.1) is 10.2 Å². The van der Waals surface area contributed by atoms with E-state index in [-0.39, 0.29) is 11.3 Å². The molecule has 0 radical (unpaired) electrons. The molecule has 1 aliphatic rings. The fourth-order valence-corrected chi connectivity index (χ4v) is 3.29. The fourth-order valence-electron chi connectivity index (χ4n) is 1.27. The second-order valence-electron chi connectivity index (χ2n) is 3.78. The first-order chi connectivity index (χ1) is 6.35. The minimum absolute atomic E-state index is 0.141. The summed E-state index contributed by atoms with van der Waals surface area (Å²) < 4.78 is 24.9. The van der Waals surface area contributed by atoms with Crippen molar-refractivity contribution in [1.29, 1.82) is 0 Å². The first kappa shape index (κ1) is 11.9. The molecule has 0 saturated heterocycles. The summed E-state index contributed by atoms with van der Waals surface area (Å²) >= 11 is 4.75. The topological polar surface area (TPSA) is 63.4 Å². The number of sulfonamides is 1. The predicted molar refractivity (Wildman–Crippen MR) is 60.6 cm³/mol. The summed E-state index contributed by atoms with van der Waals surface area (Å²) in [6.07, 6.45) is 2.01. The van der Waals surface area contributed by atoms with Gasteiger partial charge in [0, 0.05) is 19.5 Å². The fraction of sp³-hybridized carbons (Fsp3) is 0.875. The second kappa shape index (κ2) is 4.12. The number of hydrogen-bond acceptors (Lipinski definition) is 3. The van der Waals surface area contributed by atoms with Crippen molar-refractivity contribution in [2.45, 2.75) is 37.5 Å². The van der Waals surface area contributed by atoms with Gasteiger partial charge in [-0.15, -0.1) is 0 Å². The highest BCUT2D eigenvalue weighted by Crippen LogP contribution is 2.31. The molecule has 6 heteroatoms. The zero-order valence-electron chi connectivity index (χ0n) is 8.43. The van der Waals surface area contributed by atoms with Crippen LogP contribution < -0.4 is 5.73 Å². The molecule has 82 valence electrons. The summed E-state index contributed by atoms with van der Waals surface area (Å²) in [5, 5.41) is -0.165. The molecule has 1 saturated carbocycles. The van der Waals surface area contributed by atoms with E-state index in [1.165, 1.54) is 4.31 Å². The van der Waals surface area contributed by atoms with E-state index in [0.29, 0.717) is 11.4 Å². The first-order valence-corrected chi connectivity index (χ1v) is 6.52. The van der Waals surface area contributed by atoms with Gasteiger partial charge in [0.25, 0.3) is 0 Å². The maximum absolute atomic E-state index is 11.8. The van der Waals surface area contributed by atoms with Gasteiger partial charge >= 0.3 is 0 Å². The highest BCUT2D eigenvalue weighted by Gasteiger charge is 2.39. The number of nitrogens with zero attached hydrogens (tertiary/aromatic N) is 1. The van der Waals surface area contributed by atoms with Crippen LogP contribution in [0.5, 0.6) is 0 Å². The lowest BCUT2D eigenvalue weighted by Gasteiger charge is -2.23. The Bertz CT molecular complexity index is 322. The highest BCUT2D eigenvalue weighted by molar-refractivity contribution is 7.90. The normalized spacial score (nSPS) is 19.6. The molecule has 0 spiro atoms. The van der Waals surface area contributed by atoms with Crippen LogP contribution in [0.1, 0.15) is 26.2 Å². The lowest BCUT2D eigenvalue weighted by atomic mass is 10.2. The molecule has 4 nitrogen and oxygen atoms in total. The molecule has 1 atom stereocenters. The molecule has 0 aromatic carbocycles. The Morgan fingerprint density at radius 3 is 2.50 bits per heavy atom. The van der Waals surface area contributed by atoms with Gasteiger partial charge in [0.1, 0.15) is 0 Å². The third-order valence-electron chi connectivity index (χ3n) is 2.46. The van der Waals surface area contributed by atoms with Crippen LogP contribution in [-0.4, -0.2) is 36.1 Å². The van der Waals surface area contributed by atoms with E-state index >= 15 is 0 Å². The Labute approximate surface area is 90.5 Å². The standard InChI is InChI=1S/C8H16N2O2S2/c1-6(5-8(9)13)10(2)14(11,12)7-3-4-7/h6-7H,3-5H2,1-2H3,(H2,9,13). The van der Waals surface area contributed by atoms with Crippen LogP contribution in [0.15, 0.2) is 0 Å². The van der Waals surface area contributed by atoms with Gasteiger partial charge in [-0.25, -0.2) is 12.7 Å². The van der Waals surface area contributed by atoms with Crippen LogP contribution in [0.4, 0.5) is 0 Å². The summed E-state index contributed by atoms with van der Waals surface area (Å²) in [5.74, 6) is 0. The van der Waals surface area contributed by atoms with Gasteiger partial charge in [-0.3, -0.25) is 0 Å². The molecule has 0 aliphatic heterocycles. The Morgan fingerprint density at radius 1 is 1.64 bits per heavy atom. The van der Waals surface area contributed by atoms with Crippen LogP contribution in [-0.2, 0) is 10.0 Å². The molecular formula is C8H16N2O2S2. The smallest absolute Gasteiger partial charge is 0.216 e. The minimum atomic E-state index is -3.09. The summed E-state index contributed by atoms with van der Waals surface area (Å²) in [7, 11) is -1.50. The lowest BCUT2D eigenvalue weighted by molar-refractivity contribution is 0.396. The van der Waals surface area contributed by atoms with Gasteiger partial charge in [-0.05, 0) is 19.8 Å². The van der Waals surface area contributed by atoms with Crippen LogP contribution in [0.2, 0.25) is 0 Å². The number of nitrogens with two attached hydrogens (primary N) is 1. The van der Waals surface area contributed by atoms with Crippen LogP contribution in [0.25, 0.3) is 0 Å². The molecule has 0 heterocycles. The van der Waals surface area contributed by atoms with Crippen molar-refractivity contribution in [3.05, 3.63) is 0 Å². The van der Waals surface area contributed by atoms with Gasteiger partial charge in [0.15, 0.2) is 0 Å². The van der Waals surface area contributed by atoms with E-state index in [4.69, 9.17) is 18.0 Å². The molecule has 2 N–H and O–H groups in total. The number of hydrogen-bond donors (Lipinski definition) is 1. The van der Waals surface area contributed by atoms with E-state index in [1.807, 2.05) is 6.92 Å². The molecule has 0 aromatic heterocycles. The van der Waals surface area contributed by atoms with Crippen LogP contribution in [0, 0.1) is 0 Å². The van der Waals surface area contributed by atoms with Crippen molar-refractivity contribution in [2.75, 3.05) is 7.05 Å². The van der Waals surface area contributed by atoms with E-state index in [2.05, 4.69) is 0 Å². The van der Waals surface area contributed by atoms with E-state index < -0.39 is 10.0 Å². The largest absolute Gasteiger partial charge is 0.393 e. The summed E-state index contributed by atoms with van der Waals surface area (Å²) in [5.41, 5.74) is 5.38. The number of rotatable bonds is 5. The molecule has 1 fully saturated rings.